The third kappa shape index (κ3) is 3.61. The van der Waals surface area contributed by atoms with E-state index in [1.165, 1.54) is 18.1 Å². The van der Waals surface area contributed by atoms with Gasteiger partial charge in [0.1, 0.15) is 6.33 Å². The van der Waals surface area contributed by atoms with Gasteiger partial charge in [0.15, 0.2) is 5.16 Å². The molecule has 0 aliphatic heterocycles. The minimum atomic E-state index is -0.126. The summed E-state index contributed by atoms with van der Waals surface area (Å²) in [6, 6.07) is 13.4. The largest absolute Gasteiger partial charge is 0.322 e. The topological polar surface area (TPSA) is 83.6 Å². The van der Waals surface area contributed by atoms with Crippen molar-refractivity contribution in [3.8, 4) is 0 Å². The van der Waals surface area contributed by atoms with E-state index in [1.807, 2.05) is 49.4 Å². The molecule has 2 heterocycles. The van der Waals surface area contributed by atoms with Gasteiger partial charge in [-0.1, -0.05) is 30.0 Å². The Morgan fingerprint density at radius 3 is 3.00 bits per heavy atom. The van der Waals surface area contributed by atoms with Gasteiger partial charge in [-0.05, 0) is 36.8 Å². The van der Waals surface area contributed by atoms with Gasteiger partial charge in [0, 0.05) is 17.0 Å². The molecule has 0 aliphatic carbocycles. The van der Waals surface area contributed by atoms with Crippen LogP contribution >= 0.6 is 23.1 Å². The van der Waals surface area contributed by atoms with Crippen LogP contribution in [0.4, 0.5) is 5.69 Å². The second-order valence-corrected chi connectivity index (χ2v) is 7.80. The maximum atomic E-state index is 12.8. The van der Waals surface area contributed by atoms with E-state index in [4.69, 9.17) is 0 Å². The maximum absolute atomic E-state index is 12.8. The molecule has 0 aliphatic rings. The molecule has 6 nitrogen and oxygen atoms in total. The number of aromatic amines is 1. The van der Waals surface area contributed by atoms with Crippen LogP contribution in [0.3, 0.4) is 0 Å². The molecule has 2 aromatic carbocycles. The molecule has 0 atom stereocenters. The third-order valence-corrected chi connectivity index (χ3v) is 5.63. The van der Waals surface area contributed by atoms with Gasteiger partial charge in [-0.3, -0.25) is 9.89 Å². The first-order valence-corrected chi connectivity index (χ1v) is 9.74. The first kappa shape index (κ1) is 16.7. The summed E-state index contributed by atoms with van der Waals surface area (Å²) in [6.07, 6.45) is 1.47. The number of benzene rings is 2. The fraction of sp³-hybridized carbons (Fsp3) is 0.111. The van der Waals surface area contributed by atoms with Gasteiger partial charge in [0.05, 0.1) is 15.2 Å². The number of anilines is 1. The number of amides is 1. The monoisotopic (exact) mass is 381 g/mol. The molecule has 0 saturated heterocycles. The predicted octanol–water partition coefficient (Wildman–Crippen LogP) is 4.27. The van der Waals surface area contributed by atoms with Gasteiger partial charge in [-0.15, -0.1) is 11.3 Å². The quantitative estimate of drug-likeness (QED) is 0.505. The van der Waals surface area contributed by atoms with Crippen LogP contribution in [0.25, 0.3) is 10.2 Å². The standard InChI is InChI=1S/C18H15N5OS2/c1-11-21-15-7-6-13(8-16(15)26-11)22-17(24)14-5-3-2-4-12(14)9-25-18-19-10-20-23-18/h2-8,10H,9H2,1H3,(H,22,24)(H,19,20,23). The highest BCUT2D eigenvalue weighted by atomic mass is 32.2. The summed E-state index contributed by atoms with van der Waals surface area (Å²) in [5, 5.41) is 11.4. The first-order chi connectivity index (χ1) is 12.7. The molecular formula is C18H15N5OS2. The Hall–Kier alpha value is -2.71. The van der Waals surface area contributed by atoms with Gasteiger partial charge in [0.25, 0.3) is 5.91 Å². The number of hydrogen-bond acceptors (Lipinski definition) is 6. The number of thiazole rings is 1. The Morgan fingerprint density at radius 2 is 2.15 bits per heavy atom. The molecule has 8 heteroatoms. The minimum absolute atomic E-state index is 0.126. The van der Waals surface area contributed by atoms with Gasteiger partial charge in [-0.25, -0.2) is 9.97 Å². The highest BCUT2D eigenvalue weighted by molar-refractivity contribution is 7.98. The lowest BCUT2D eigenvalue weighted by atomic mass is 10.1. The van der Waals surface area contributed by atoms with Gasteiger partial charge >= 0.3 is 0 Å². The lowest BCUT2D eigenvalue weighted by molar-refractivity contribution is 0.102. The van der Waals surface area contributed by atoms with Crippen LogP contribution < -0.4 is 5.32 Å². The van der Waals surface area contributed by atoms with Crippen molar-refractivity contribution in [2.24, 2.45) is 0 Å². The predicted molar refractivity (Wildman–Crippen MR) is 105 cm³/mol. The number of carbonyl (C=O) groups is 1. The van der Waals surface area contributed by atoms with Crippen molar-refractivity contribution < 1.29 is 4.79 Å². The van der Waals surface area contributed by atoms with Crippen LogP contribution in [-0.2, 0) is 5.75 Å². The average Bonchev–Trinajstić information content (AvgIpc) is 3.28. The van der Waals surface area contributed by atoms with E-state index in [-0.39, 0.29) is 5.91 Å². The Kier molecular flexibility index (Phi) is 4.68. The number of nitrogens with zero attached hydrogens (tertiary/aromatic N) is 3. The molecule has 2 aromatic heterocycles. The molecule has 26 heavy (non-hydrogen) atoms. The van der Waals surface area contributed by atoms with Crippen molar-refractivity contribution in [2.45, 2.75) is 17.8 Å². The Morgan fingerprint density at radius 1 is 1.27 bits per heavy atom. The zero-order valence-corrected chi connectivity index (χ0v) is 15.5. The van der Waals surface area contributed by atoms with Crippen LogP contribution in [0.5, 0.6) is 0 Å². The summed E-state index contributed by atoms with van der Waals surface area (Å²) >= 11 is 3.12. The summed E-state index contributed by atoms with van der Waals surface area (Å²) in [5.74, 6) is 0.505. The van der Waals surface area contributed by atoms with Crippen molar-refractivity contribution in [1.29, 1.82) is 0 Å². The molecule has 0 spiro atoms. The molecule has 130 valence electrons. The summed E-state index contributed by atoms with van der Waals surface area (Å²) in [4.78, 5) is 21.3. The fourth-order valence-electron chi connectivity index (χ4n) is 2.59. The number of aryl methyl sites for hydroxylation is 1. The van der Waals surface area contributed by atoms with E-state index < -0.39 is 0 Å². The number of fused-ring (bicyclic) bond motifs is 1. The second kappa shape index (κ2) is 7.27. The van der Waals surface area contributed by atoms with Crippen molar-refractivity contribution in [3.05, 3.63) is 64.9 Å². The average molecular weight is 381 g/mol. The van der Waals surface area contributed by atoms with Crippen LogP contribution in [0.15, 0.2) is 53.9 Å². The third-order valence-electron chi connectivity index (χ3n) is 3.77. The Bertz CT molecular complexity index is 1060. The number of nitrogens with one attached hydrogen (secondary N) is 2. The first-order valence-electron chi connectivity index (χ1n) is 7.93. The number of aromatic nitrogens is 4. The zero-order chi connectivity index (χ0) is 17.9. The smallest absolute Gasteiger partial charge is 0.255 e. The van der Waals surface area contributed by atoms with Gasteiger partial charge in [0.2, 0.25) is 0 Å². The lowest BCUT2D eigenvalue weighted by Gasteiger charge is -2.09. The highest BCUT2D eigenvalue weighted by Crippen LogP contribution is 2.26. The molecule has 2 N–H and O–H groups in total. The van der Waals surface area contributed by atoms with Crippen molar-refractivity contribution >= 4 is 44.9 Å². The van der Waals surface area contributed by atoms with Crippen LogP contribution in [0, 0.1) is 6.92 Å². The number of H-pyrrole nitrogens is 1. The van der Waals surface area contributed by atoms with Crippen LogP contribution in [0.1, 0.15) is 20.9 Å². The molecular weight excluding hydrogens is 366 g/mol. The van der Waals surface area contributed by atoms with Crippen molar-refractivity contribution in [3.63, 3.8) is 0 Å². The number of hydrogen-bond donors (Lipinski definition) is 2. The van der Waals surface area contributed by atoms with Crippen LogP contribution in [-0.4, -0.2) is 26.1 Å². The van der Waals surface area contributed by atoms with Crippen molar-refractivity contribution in [1.82, 2.24) is 20.2 Å². The molecule has 0 fully saturated rings. The molecule has 0 saturated carbocycles. The summed E-state index contributed by atoms with van der Waals surface area (Å²) in [7, 11) is 0. The summed E-state index contributed by atoms with van der Waals surface area (Å²) in [5.41, 5.74) is 3.32. The SMILES string of the molecule is Cc1nc2ccc(NC(=O)c3ccccc3CSc3ncn[nH]3)cc2s1. The minimum Gasteiger partial charge on any atom is -0.322 e. The summed E-state index contributed by atoms with van der Waals surface area (Å²) in [6.45, 7) is 1.98. The number of carbonyl (C=O) groups excluding carboxylic acids is 1. The van der Waals surface area contributed by atoms with E-state index >= 15 is 0 Å². The normalized spacial score (nSPS) is 11.0. The molecule has 1 amide bonds. The molecule has 4 rings (SSSR count). The Labute approximate surface area is 158 Å². The lowest BCUT2D eigenvalue weighted by Crippen LogP contribution is -2.14. The van der Waals surface area contributed by atoms with E-state index in [1.54, 1.807) is 11.3 Å². The second-order valence-electron chi connectivity index (χ2n) is 5.61. The van der Waals surface area contributed by atoms with E-state index in [0.717, 1.165) is 31.6 Å². The van der Waals surface area contributed by atoms with Gasteiger partial charge in [-0.2, -0.15) is 5.10 Å². The van der Waals surface area contributed by atoms with E-state index in [2.05, 4.69) is 25.5 Å². The van der Waals surface area contributed by atoms with Crippen molar-refractivity contribution in [2.75, 3.05) is 5.32 Å². The molecule has 0 unspecified atom stereocenters. The van der Waals surface area contributed by atoms with E-state index in [0.29, 0.717) is 11.3 Å². The van der Waals surface area contributed by atoms with E-state index in [9.17, 15) is 4.79 Å². The highest BCUT2D eigenvalue weighted by Gasteiger charge is 2.13. The van der Waals surface area contributed by atoms with Crippen LogP contribution in [0.2, 0.25) is 0 Å². The zero-order valence-electron chi connectivity index (χ0n) is 13.9. The molecule has 0 bridgehead atoms. The van der Waals surface area contributed by atoms with Gasteiger partial charge < -0.3 is 5.32 Å². The number of rotatable bonds is 5. The fourth-order valence-corrected chi connectivity index (χ4v) is 4.24. The Balaban J connectivity index is 1.53. The maximum Gasteiger partial charge on any atom is 0.255 e. The molecule has 0 radical (unpaired) electrons. The summed E-state index contributed by atoms with van der Waals surface area (Å²) < 4.78 is 1.06. The molecule has 4 aromatic rings. The number of thioether (sulfide) groups is 1.